The van der Waals surface area contributed by atoms with Crippen LogP contribution >= 0.6 is 0 Å². The first-order valence-corrected chi connectivity index (χ1v) is 6.91. The molecule has 0 unspecified atom stereocenters. The smallest absolute Gasteiger partial charge is 0.238 e. The Balaban J connectivity index is 1.98. The van der Waals surface area contributed by atoms with Crippen LogP contribution in [0.15, 0.2) is 18.2 Å². The molecule has 2 rings (SSSR count). The summed E-state index contributed by atoms with van der Waals surface area (Å²) >= 11 is 0. The third-order valence-electron chi connectivity index (χ3n) is 3.78. The van der Waals surface area contributed by atoms with E-state index in [9.17, 15) is 4.79 Å². The second-order valence-corrected chi connectivity index (χ2v) is 5.24. The summed E-state index contributed by atoms with van der Waals surface area (Å²) < 4.78 is 0. The lowest BCUT2D eigenvalue weighted by Gasteiger charge is -2.35. The Bertz CT molecular complexity index is 455. The van der Waals surface area contributed by atoms with E-state index in [0.717, 1.165) is 30.8 Å². The van der Waals surface area contributed by atoms with Crippen molar-refractivity contribution in [1.82, 2.24) is 10.2 Å². The summed E-state index contributed by atoms with van der Waals surface area (Å²) in [6, 6.07) is 6.64. The van der Waals surface area contributed by atoms with Crippen molar-refractivity contribution in [1.29, 1.82) is 0 Å². The monoisotopic (exact) mass is 261 g/mol. The molecule has 0 saturated carbocycles. The minimum absolute atomic E-state index is 0.0680. The van der Waals surface area contributed by atoms with Crippen LogP contribution in [0.5, 0.6) is 0 Å². The molecular weight excluding hydrogens is 238 g/mol. The molecule has 19 heavy (non-hydrogen) atoms. The van der Waals surface area contributed by atoms with Gasteiger partial charge < -0.3 is 10.6 Å². The van der Waals surface area contributed by atoms with E-state index in [0.29, 0.717) is 12.6 Å². The molecule has 0 aromatic heterocycles. The maximum absolute atomic E-state index is 12.1. The molecule has 0 atom stereocenters. The van der Waals surface area contributed by atoms with E-state index in [4.69, 9.17) is 0 Å². The van der Waals surface area contributed by atoms with E-state index < -0.39 is 0 Å². The largest absolute Gasteiger partial charge is 0.324 e. The molecule has 4 nitrogen and oxygen atoms in total. The highest BCUT2D eigenvalue weighted by Gasteiger charge is 2.23. The number of aryl methyl sites for hydroxylation is 2. The lowest BCUT2D eigenvalue weighted by atomic mass is 10.1. The molecule has 0 bridgehead atoms. The normalized spacial score (nSPS) is 15.4. The zero-order valence-electron chi connectivity index (χ0n) is 12.0. The Hall–Kier alpha value is -1.39. The number of nitrogens with zero attached hydrogens (tertiary/aromatic N) is 1. The van der Waals surface area contributed by atoms with Crippen LogP contribution in [0.1, 0.15) is 18.1 Å². The highest BCUT2D eigenvalue weighted by atomic mass is 16.2. The topological polar surface area (TPSA) is 44.4 Å². The quantitative estimate of drug-likeness (QED) is 0.842. The maximum atomic E-state index is 12.1. The first-order chi connectivity index (χ1) is 9.11. The second kappa shape index (κ2) is 6.17. The Kier molecular flexibility index (Phi) is 4.56. The van der Waals surface area contributed by atoms with Gasteiger partial charge in [-0.3, -0.25) is 9.69 Å². The van der Waals surface area contributed by atoms with Crippen LogP contribution in [0.25, 0.3) is 0 Å². The van der Waals surface area contributed by atoms with Gasteiger partial charge in [-0.25, -0.2) is 0 Å². The number of nitrogens with one attached hydrogen (secondary N) is 2. The molecule has 1 aromatic carbocycles. The van der Waals surface area contributed by atoms with Gasteiger partial charge in [0.15, 0.2) is 0 Å². The fourth-order valence-electron chi connectivity index (χ4n) is 2.32. The van der Waals surface area contributed by atoms with Gasteiger partial charge >= 0.3 is 0 Å². The molecule has 4 heteroatoms. The third-order valence-corrected chi connectivity index (χ3v) is 3.78. The van der Waals surface area contributed by atoms with Gasteiger partial charge in [0, 0.05) is 24.8 Å². The molecule has 1 saturated heterocycles. The minimum Gasteiger partial charge on any atom is -0.324 e. The van der Waals surface area contributed by atoms with Gasteiger partial charge in [0.2, 0.25) is 5.91 Å². The fourth-order valence-corrected chi connectivity index (χ4v) is 2.32. The summed E-state index contributed by atoms with van der Waals surface area (Å²) in [7, 11) is 2.00. The predicted octanol–water partition coefficient (Wildman–Crippen LogP) is 1.40. The summed E-state index contributed by atoms with van der Waals surface area (Å²) in [5.74, 6) is 0.0680. The van der Waals surface area contributed by atoms with Crippen molar-refractivity contribution < 1.29 is 4.79 Å². The molecule has 1 amide bonds. The Morgan fingerprint density at radius 3 is 2.79 bits per heavy atom. The number of anilines is 1. The molecule has 1 aromatic rings. The van der Waals surface area contributed by atoms with Crippen LogP contribution in [0, 0.1) is 6.92 Å². The highest BCUT2D eigenvalue weighted by molar-refractivity contribution is 5.93. The van der Waals surface area contributed by atoms with Crippen molar-refractivity contribution in [2.24, 2.45) is 0 Å². The molecule has 0 spiro atoms. The number of amides is 1. The number of likely N-dealkylation sites (N-methyl/N-ethyl adjacent to an activating group) is 1. The van der Waals surface area contributed by atoms with Gasteiger partial charge in [-0.1, -0.05) is 25.1 Å². The van der Waals surface area contributed by atoms with E-state index in [1.54, 1.807) is 0 Å². The first-order valence-electron chi connectivity index (χ1n) is 6.91. The average Bonchev–Trinajstić information content (AvgIpc) is 2.29. The van der Waals surface area contributed by atoms with Crippen molar-refractivity contribution in [3.8, 4) is 0 Å². The lowest BCUT2D eigenvalue weighted by Crippen LogP contribution is -2.57. The van der Waals surface area contributed by atoms with Crippen molar-refractivity contribution in [2.45, 2.75) is 26.3 Å². The van der Waals surface area contributed by atoms with E-state index in [2.05, 4.69) is 28.5 Å². The number of carbonyl (C=O) groups excluding carboxylic acids is 1. The molecule has 0 radical (unpaired) electrons. The van der Waals surface area contributed by atoms with Crippen LogP contribution in [0.4, 0.5) is 5.69 Å². The molecule has 104 valence electrons. The van der Waals surface area contributed by atoms with Crippen LogP contribution < -0.4 is 10.6 Å². The molecule has 1 aliphatic heterocycles. The number of rotatable bonds is 5. The Labute approximate surface area is 115 Å². The fraction of sp³-hybridized carbons (Fsp3) is 0.533. The van der Waals surface area contributed by atoms with Crippen LogP contribution in [0.2, 0.25) is 0 Å². The number of para-hydroxylation sites is 1. The standard InChI is InChI=1S/C15H23N3O/c1-4-12-7-5-6-11(2)15(12)17-14(19)10-18(3)13-8-16-9-13/h5-7,13,16H,4,8-10H2,1-3H3,(H,17,19). The van der Waals surface area contributed by atoms with Crippen molar-refractivity contribution in [2.75, 3.05) is 32.0 Å². The number of hydrogen-bond acceptors (Lipinski definition) is 3. The summed E-state index contributed by atoms with van der Waals surface area (Å²) in [5, 5.41) is 6.28. The molecular formula is C15H23N3O. The zero-order valence-corrected chi connectivity index (χ0v) is 12.0. The number of carbonyl (C=O) groups is 1. The van der Waals surface area contributed by atoms with Gasteiger partial charge in [-0.2, -0.15) is 0 Å². The van der Waals surface area contributed by atoms with E-state index in [1.807, 2.05) is 26.1 Å². The zero-order chi connectivity index (χ0) is 13.8. The molecule has 1 fully saturated rings. The van der Waals surface area contributed by atoms with Gasteiger partial charge in [0.1, 0.15) is 0 Å². The van der Waals surface area contributed by atoms with Crippen LogP contribution in [-0.2, 0) is 11.2 Å². The predicted molar refractivity (Wildman–Crippen MR) is 78.5 cm³/mol. The molecule has 0 aliphatic carbocycles. The van der Waals surface area contributed by atoms with Gasteiger partial charge in [0.05, 0.1) is 6.54 Å². The van der Waals surface area contributed by atoms with Gasteiger partial charge in [-0.15, -0.1) is 0 Å². The summed E-state index contributed by atoms with van der Waals surface area (Å²) in [4.78, 5) is 14.2. The number of hydrogen-bond donors (Lipinski definition) is 2. The Morgan fingerprint density at radius 1 is 1.47 bits per heavy atom. The summed E-state index contributed by atoms with van der Waals surface area (Å²) in [5.41, 5.74) is 3.30. The summed E-state index contributed by atoms with van der Waals surface area (Å²) in [6.45, 7) is 6.55. The third kappa shape index (κ3) is 3.33. The van der Waals surface area contributed by atoms with Gasteiger partial charge in [0.25, 0.3) is 0 Å². The minimum atomic E-state index is 0.0680. The van der Waals surface area contributed by atoms with Crippen molar-refractivity contribution >= 4 is 11.6 Å². The number of benzene rings is 1. The van der Waals surface area contributed by atoms with E-state index >= 15 is 0 Å². The van der Waals surface area contributed by atoms with E-state index in [1.165, 1.54) is 5.56 Å². The maximum Gasteiger partial charge on any atom is 0.238 e. The first kappa shape index (κ1) is 14.0. The average molecular weight is 261 g/mol. The van der Waals surface area contributed by atoms with Crippen molar-refractivity contribution in [3.05, 3.63) is 29.3 Å². The molecule has 2 N–H and O–H groups in total. The highest BCUT2D eigenvalue weighted by Crippen LogP contribution is 2.21. The Morgan fingerprint density at radius 2 is 2.21 bits per heavy atom. The molecule has 1 aliphatic rings. The summed E-state index contributed by atoms with van der Waals surface area (Å²) in [6.07, 6.45) is 0.930. The van der Waals surface area contributed by atoms with Crippen molar-refractivity contribution in [3.63, 3.8) is 0 Å². The second-order valence-electron chi connectivity index (χ2n) is 5.24. The SMILES string of the molecule is CCc1cccc(C)c1NC(=O)CN(C)C1CNC1. The van der Waals surface area contributed by atoms with E-state index in [-0.39, 0.29) is 5.91 Å². The van der Waals surface area contributed by atoms with Gasteiger partial charge in [-0.05, 0) is 31.5 Å². The molecule has 1 heterocycles. The van der Waals surface area contributed by atoms with Crippen LogP contribution in [0.3, 0.4) is 0 Å². The lowest BCUT2D eigenvalue weighted by molar-refractivity contribution is -0.117. The van der Waals surface area contributed by atoms with Crippen LogP contribution in [-0.4, -0.2) is 43.5 Å².